The number of carbonyl (C=O) groups is 1. The third-order valence-electron chi connectivity index (χ3n) is 3.05. The molecule has 0 aliphatic heterocycles. The zero-order valence-corrected chi connectivity index (χ0v) is 10.6. The van der Waals surface area contributed by atoms with E-state index in [1.54, 1.807) is 0 Å². The Hall–Kier alpha value is -1.63. The van der Waals surface area contributed by atoms with Gasteiger partial charge >= 0.3 is 12.1 Å². The molecule has 2 rings (SSSR count). The smallest absolute Gasteiger partial charge is 0.416 e. The van der Waals surface area contributed by atoms with Gasteiger partial charge in [0.15, 0.2) is 0 Å². The Bertz CT molecular complexity index is 512. The van der Waals surface area contributed by atoms with Crippen LogP contribution in [0.5, 0.6) is 0 Å². The van der Waals surface area contributed by atoms with Gasteiger partial charge in [0.1, 0.15) is 11.9 Å². The van der Waals surface area contributed by atoms with E-state index in [0.29, 0.717) is 6.07 Å². The molecular weight excluding hydrogens is 278 g/mol. The molecule has 0 amide bonds. The molecule has 0 saturated heterocycles. The average molecular weight is 291 g/mol. The number of esters is 1. The molecule has 1 atom stereocenters. The van der Waals surface area contributed by atoms with Crippen molar-refractivity contribution in [3.63, 3.8) is 0 Å². The lowest BCUT2D eigenvalue weighted by atomic mass is 9.99. The second kappa shape index (κ2) is 5.40. The summed E-state index contributed by atoms with van der Waals surface area (Å²) in [4.78, 5) is 11.7. The number of carbonyl (C=O) groups excluding carboxylic acids is 1. The molecular formula is C13H13F4NO2. The van der Waals surface area contributed by atoms with Crippen molar-refractivity contribution in [2.45, 2.75) is 31.1 Å². The number of rotatable bonds is 4. The highest BCUT2D eigenvalue weighted by atomic mass is 19.4. The van der Waals surface area contributed by atoms with Crippen molar-refractivity contribution in [1.29, 1.82) is 0 Å². The average Bonchev–Trinajstić information content (AvgIpc) is 3.18. The molecule has 0 spiro atoms. The Morgan fingerprint density at radius 3 is 2.55 bits per heavy atom. The Labute approximate surface area is 112 Å². The molecule has 7 heteroatoms. The SMILES string of the molecule is COC(=O)C(NC1CC1)c1ccc(F)cc1C(F)(F)F. The Morgan fingerprint density at radius 2 is 2.05 bits per heavy atom. The number of nitrogens with one attached hydrogen (secondary N) is 1. The number of benzene rings is 1. The molecule has 0 bridgehead atoms. The largest absolute Gasteiger partial charge is 0.468 e. The highest BCUT2D eigenvalue weighted by Crippen LogP contribution is 2.36. The van der Waals surface area contributed by atoms with Crippen LogP contribution in [0, 0.1) is 5.82 Å². The fraction of sp³-hybridized carbons (Fsp3) is 0.462. The summed E-state index contributed by atoms with van der Waals surface area (Å²) < 4.78 is 56.5. The predicted molar refractivity (Wildman–Crippen MR) is 62.3 cm³/mol. The highest BCUT2D eigenvalue weighted by molar-refractivity contribution is 5.78. The molecule has 0 radical (unpaired) electrons. The van der Waals surface area contributed by atoms with Crippen molar-refractivity contribution < 1.29 is 27.1 Å². The Balaban J connectivity index is 2.43. The van der Waals surface area contributed by atoms with Gasteiger partial charge in [-0.25, -0.2) is 9.18 Å². The third kappa shape index (κ3) is 3.27. The fourth-order valence-corrected chi connectivity index (χ4v) is 1.91. The van der Waals surface area contributed by atoms with Crippen molar-refractivity contribution in [2.75, 3.05) is 7.11 Å². The van der Waals surface area contributed by atoms with Gasteiger partial charge in [-0.15, -0.1) is 0 Å². The lowest BCUT2D eigenvalue weighted by molar-refractivity contribution is -0.145. The van der Waals surface area contributed by atoms with E-state index in [2.05, 4.69) is 10.1 Å². The minimum absolute atomic E-state index is 0.00904. The summed E-state index contributed by atoms with van der Waals surface area (Å²) in [5.74, 6) is -1.83. The van der Waals surface area contributed by atoms with E-state index in [0.717, 1.165) is 32.1 Å². The van der Waals surface area contributed by atoms with Gasteiger partial charge < -0.3 is 4.74 Å². The van der Waals surface area contributed by atoms with Gasteiger partial charge in [0.05, 0.1) is 12.7 Å². The minimum Gasteiger partial charge on any atom is -0.468 e. The van der Waals surface area contributed by atoms with Crippen LogP contribution in [0.15, 0.2) is 18.2 Å². The van der Waals surface area contributed by atoms with Crippen molar-refractivity contribution in [3.05, 3.63) is 35.1 Å². The lowest BCUT2D eigenvalue weighted by Crippen LogP contribution is -2.33. The zero-order chi connectivity index (χ0) is 14.9. The van der Waals surface area contributed by atoms with Crippen molar-refractivity contribution in [1.82, 2.24) is 5.32 Å². The maximum Gasteiger partial charge on any atom is 0.416 e. The van der Waals surface area contributed by atoms with Gasteiger partial charge in [0.25, 0.3) is 0 Å². The lowest BCUT2D eigenvalue weighted by Gasteiger charge is -2.21. The molecule has 1 aliphatic rings. The van der Waals surface area contributed by atoms with Crippen LogP contribution >= 0.6 is 0 Å². The number of hydrogen-bond acceptors (Lipinski definition) is 3. The van der Waals surface area contributed by atoms with Crippen LogP contribution in [0.1, 0.15) is 30.0 Å². The first-order valence-corrected chi connectivity index (χ1v) is 6.03. The van der Waals surface area contributed by atoms with Crippen LogP contribution in [-0.2, 0) is 15.7 Å². The van der Waals surface area contributed by atoms with E-state index >= 15 is 0 Å². The fourth-order valence-electron chi connectivity index (χ4n) is 1.91. The highest BCUT2D eigenvalue weighted by Gasteiger charge is 2.39. The predicted octanol–water partition coefficient (Wildman–Crippen LogP) is 2.81. The van der Waals surface area contributed by atoms with Gasteiger partial charge in [-0.2, -0.15) is 13.2 Å². The molecule has 1 aliphatic carbocycles. The topological polar surface area (TPSA) is 38.3 Å². The van der Waals surface area contributed by atoms with E-state index < -0.39 is 29.6 Å². The first-order chi connectivity index (χ1) is 9.32. The molecule has 1 aromatic carbocycles. The van der Waals surface area contributed by atoms with Crippen LogP contribution in [-0.4, -0.2) is 19.1 Å². The van der Waals surface area contributed by atoms with E-state index in [1.165, 1.54) is 0 Å². The first kappa shape index (κ1) is 14.8. The molecule has 20 heavy (non-hydrogen) atoms. The molecule has 3 nitrogen and oxygen atoms in total. The summed E-state index contributed by atoms with van der Waals surface area (Å²) in [6.45, 7) is 0. The van der Waals surface area contributed by atoms with Gasteiger partial charge in [0, 0.05) is 6.04 Å². The maximum absolute atomic E-state index is 13.1. The number of alkyl halides is 3. The normalized spacial score (nSPS) is 16.9. The van der Waals surface area contributed by atoms with Gasteiger partial charge in [-0.1, -0.05) is 6.07 Å². The number of halogens is 4. The van der Waals surface area contributed by atoms with Crippen molar-refractivity contribution in [3.8, 4) is 0 Å². The van der Waals surface area contributed by atoms with E-state index in [1.807, 2.05) is 0 Å². The minimum atomic E-state index is -4.74. The van der Waals surface area contributed by atoms with Crippen LogP contribution in [0.4, 0.5) is 17.6 Å². The standard InChI is InChI=1S/C13H13F4NO2/c1-20-12(19)11(18-8-3-4-8)9-5-2-7(14)6-10(9)13(15,16)17/h2,5-6,8,11,18H,3-4H2,1H3. The van der Waals surface area contributed by atoms with E-state index in [9.17, 15) is 22.4 Å². The zero-order valence-electron chi connectivity index (χ0n) is 10.6. The van der Waals surface area contributed by atoms with Gasteiger partial charge in [0.2, 0.25) is 0 Å². The maximum atomic E-state index is 13.1. The molecule has 1 aromatic rings. The van der Waals surface area contributed by atoms with Gasteiger partial charge in [-0.3, -0.25) is 5.32 Å². The molecule has 110 valence electrons. The summed E-state index contributed by atoms with van der Waals surface area (Å²) in [7, 11) is 1.10. The third-order valence-corrected chi connectivity index (χ3v) is 3.05. The molecule has 1 unspecified atom stereocenters. The second-order valence-corrected chi connectivity index (χ2v) is 4.63. The summed E-state index contributed by atoms with van der Waals surface area (Å²) in [5, 5.41) is 2.79. The monoisotopic (exact) mass is 291 g/mol. The van der Waals surface area contributed by atoms with E-state index in [-0.39, 0.29) is 11.6 Å². The van der Waals surface area contributed by atoms with Crippen LogP contribution in [0.3, 0.4) is 0 Å². The summed E-state index contributed by atoms with van der Waals surface area (Å²) in [6.07, 6.45) is -3.17. The van der Waals surface area contributed by atoms with Crippen molar-refractivity contribution >= 4 is 5.97 Å². The van der Waals surface area contributed by atoms with Gasteiger partial charge in [-0.05, 0) is 30.5 Å². The molecule has 1 N–H and O–H groups in total. The second-order valence-electron chi connectivity index (χ2n) is 4.63. The van der Waals surface area contributed by atoms with Crippen LogP contribution in [0.25, 0.3) is 0 Å². The van der Waals surface area contributed by atoms with E-state index in [4.69, 9.17) is 0 Å². The molecule has 0 aromatic heterocycles. The first-order valence-electron chi connectivity index (χ1n) is 6.03. The molecule has 0 heterocycles. The van der Waals surface area contributed by atoms with Crippen molar-refractivity contribution in [2.24, 2.45) is 0 Å². The number of ether oxygens (including phenoxy) is 1. The molecule has 1 fully saturated rings. The van der Waals surface area contributed by atoms with Crippen LogP contribution < -0.4 is 5.32 Å². The number of hydrogen-bond donors (Lipinski definition) is 1. The number of methoxy groups -OCH3 is 1. The van der Waals surface area contributed by atoms with Crippen LogP contribution in [0.2, 0.25) is 0 Å². The quantitative estimate of drug-likeness (QED) is 0.685. The Kier molecular flexibility index (Phi) is 3.99. The summed E-state index contributed by atoms with van der Waals surface area (Å²) in [6, 6.07) is 0.999. The molecule has 1 saturated carbocycles. The Morgan fingerprint density at radius 1 is 1.40 bits per heavy atom. The summed E-state index contributed by atoms with van der Waals surface area (Å²) in [5.41, 5.74) is -1.49. The summed E-state index contributed by atoms with van der Waals surface area (Å²) >= 11 is 0.